The highest BCUT2D eigenvalue weighted by atomic mass is 32.2. The molecule has 0 amide bonds. The van der Waals surface area contributed by atoms with Gasteiger partial charge in [-0.25, -0.2) is 13.4 Å². The highest BCUT2D eigenvalue weighted by molar-refractivity contribution is 7.89. The van der Waals surface area contributed by atoms with Crippen molar-refractivity contribution < 1.29 is 18.3 Å². The molecule has 0 radical (unpaired) electrons. The standard InChI is InChI=1S/C23H32N4O2S/c1-25-12-5-13-26(17-16-25)23-9-8-22(19-24-23)30(28,29)27-14-10-21(11-15-27)18-20-6-3-2-4-7-20/h2-4,6-9,19,21H,5,10-18H2,1H3/p+2. The summed E-state index contributed by atoms with van der Waals surface area (Å²) in [4.78, 5) is 7.48. The maximum absolute atomic E-state index is 13.1. The van der Waals surface area contributed by atoms with E-state index in [9.17, 15) is 8.42 Å². The number of nitrogens with one attached hydrogen (secondary N) is 2. The number of rotatable bonds is 5. The molecule has 2 aliphatic heterocycles. The number of hydrogen-bond donors (Lipinski definition) is 1. The molecule has 2 N–H and O–H groups in total. The fraction of sp³-hybridized carbons (Fsp3) is 0.522. The molecular formula is C23H34N4O2S+2. The number of anilines is 1. The molecule has 2 fully saturated rings. The molecule has 30 heavy (non-hydrogen) atoms. The third-order valence-corrected chi connectivity index (χ3v) is 8.42. The summed E-state index contributed by atoms with van der Waals surface area (Å²) in [6.07, 6.45) is 5.68. The van der Waals surface area contributed by atoms with Crippen molar-refractivity contribution >= 4 is 15.8 Å². The topological polar surface area (TPSA) is 59.2 Å². The number of nitrogens with zero attached hydrogens (tertiary/aromatic N) is 2. The van der Waals surface area contributed by atoms with Crippen molar-refractivity contribution in [1.29, 1.82) is 0 Å². The molecule has 3 heterocycles. The second-order valence-electron chi connectivity index (χ2n) is 8.74. The second-order valence-corrected chi connectivity index (χ2v) is 10.7. The summed E-state index contributed by atoms with van der Waals surface area (Å²) in [5.41, 5.74) is 1.34. The van der Waals surface area contributed by atoms with E-state index in [2.05, 4.69) is 41.2 Å². The first-order valence-electron chi connectivity index (χ1n) is 11.1. The summed E-state index contributed by atoms with van der Waals surface area (Å²) in [6, 6.07) is 14.2. The number of piperidine rings is 1. The van der Waals surface area contributed by atoms with E-state index in [4.69, 9.17) is 0 Å². The largest absolute Gasteiger partial charge is 0.334 e. The fourth-order valence-electron chi connectivity index (χ4n) is 4.58. The molecule has 1 unspecified atom stereocenters. The van der Waals surface area contributed by atoms with Crippen LogP contribution >= 0.6 is 0 Å². The Labute approximate surface area is 180 Å². The van der Waals surface area contributed by atoms with Gasteiger partial charge in [0.05, 0.1) is 20.1 Å². The number of H-pyrrole nitrogens is 1. The minimum Gasteiger partial charge on any atom is -0.334 e. The van der Waals surface area contributed by atoms with Gasteiger partial charge in [0.25, 0.3) is 5.82 Å². The van der Waals surface area contributed by atoms with Crippen LogP contribution in [-0.2, 0) is 16.4 Å². The molecule has 1 aromatic heterocycles. The first-order chi connectivity index (χ1) is 14.5. The molecule has 2 aliphatic rings. The van der Waals surface area contributed by atoms with Crippen LogP contribution in [0.5, 0.6) is 0 Å². The lowest BCUT2D eigenvalue weighted by molar-refractivity contribution is -0.876. The molecule has 0 bridgehead atoms. The van der Waals surface area contributed by atoms with Crippen molar-refractivity contribution in [2.75, 3.05) is 51.2 Å². The van der Waals surface area contributed by atoms with Crippen molar-refractivity contribution in [3.05, 3.63) is 54.2 Å². The molecule has 2 saturated heterocycles. The number of aromatic nitrogens is 1. The summed E-state index contributed by atoms with van der Waals surface area (Å²) in [7, 11) is -1.21. The SMILES string of the molecule is C[NH+]1CCCN(c2ccc(S(=O)(=O)N3CCC(Cc4ccccc4)CC3)c[nH+]2)CC1. The van der Waals surface area contributed by atoms with Gasteiger partial charge >= 0.3 is 0 Å². The zero-order valence-corrected chi connectivity index (χ0v) is 18.7. The molecule has 2 aromatic rings. The van der Waals surface area contributed by atoms with Gasteiger partial charge in [0.2, 0.25) is 10.0 Å². The Morgan fingerprint density at radius 1 is 1.00 bits per heavy atom. The Hall–Kier alpha value is -1.96. The van der Waals surface area contributed by atoms with Crippen molar-refractivity contribution in [3.8, 4) is 0 Å². The van der Waals surface area contributed by atoms with Gasteiger partial charge in [-0.3, -0.25) is 4.90 Å². The van der Waals surface area contributed by atoms with E-state index in [0.29, 0.717) is 23.9 Å². The monoisotopic (exact) mass is 430 g/mol. The van der Waals surface area contributed by atoms with E-state index in [1.807, 2.05) is 12.1 Å². The van der Waals surface area contributed by atoms with E-state index in [0.717, 1.165) is 51.1 Å². The smallest absolute Gasteiger partial charge is 0.274 e. The minimum absolute atomic E-state index is 0.366. The lowest BCUT2D eigenvalue weighted by Gasteiger charge is -2.31. The number of sulfonamides is 1. The number of aromatic amines is 1. The van der Waals surface area contributed by atoms with Gasteiger partial charge in [0.15, 0.2) is 0 Å². The first-order valence-corrected chi connectivity index (χ1v) is 12.6. The van der Waals surface area contributed by atoms with Crippen LogP contribution in [0, 0.1) is 5.92 Å². The Kier molecular flexibility index (Phi) is 6.71. The van der Waals surface area contributed by atoms with Crippen LogP contribution in [0.1, 0.15) is 24.8 Å². The Morgan fingerprint density at radius 2 is 1.77 bits per heavy atom. The van der Waals surface area contributed by atoms with Gasteiger partial charge in [-0.1, -0.05) is 30.3 Å². The van der Waals surface area contributed by atoms with Crippen LogP contribution in [0.2, 0.25) is 0 Å². The maximum atomic E-state index is 13.1. The van der Waals surface area contributed by atoms with Crippen LogP contribution in [0.15, 0.2) is 53.6 Å². The molecule has 7 heteroatoms. The average molecular weight is 431 g/mol. The van der Waals surface area contributed by atoms with E-state index >= 15 is 0 Å². The van der Waals surface area contributed by atoms with E-state index in [-0.39, 0.29) is 0 Å². The molecule has 0 saturated carbocycles. The molecule has 4 rings (SSSR count). The van der Waals surface area contributed by atoms with E-state index in [1.54, 1.807) is 21.5 Å². The van der Waals surface area contributed by atoms with Crippen LogP contribution in [0.4, 0.5) is 5.82 Å². The highest BCUT2D eigenvalue weighted by Crippen LogP contribution is 2.26. The Balaban J connectivity index is 1.36. The molecule has 0 aliphatic carbocycles. The van der Waals surface area contributed by atoms with Gasteiger partial charge < -0.3 is 4.90 Å². The van der Waals surface area contributed by atoms with Gasteiger partial charge in [-0.05, 0) is 36.8 Å². The zero-order chi connectivity index (χ0) is 21.0. The zero-order valence-electron chi connectivity index (χ0n) is 17.9. The Morgan fingerprint density at radius 3 is 2.47 bits per heavy atom. The number of pyridine rings is 1. The van der Waals surface area contributed by atoms with Crippen LogP contribution in [0.25, 0.3) is 0 Å². The second kappa shape index (κ2) is 9.45. The van der Waals surface area contributed by atoms with E-state index in [1.165, 1.54) is 12.1 Å². The first kappa shape index (κ1) is 21.3. The van der Waals surface area contributed by atoms with Gasteiger partial charge in [-0.2, -0.15) is 4.31 Å². The van der Waals surface area contributed by atoms with Gasteiger partial charge in [-0.15, -0.1) is 0 Å². The summed E-state index contributed by atoms with van der Waals surface area (Å²) in [5.74, 6) is 1.56. The maximum Gasteiger partial charge on any atom is 0.274 e. The Bertz CT molecular complexity index is 910. The highest BCUT2D eigenvalue weighted by Gasteiger charge is 2.31. The number of quaternary nitrogens is 1. The number of benzene rings is 1. The summed E-state index contributed by atoms with van der Waals surface area (Å²) < 4.78 is 27.9. The van der Waals surface area contributed by atoms with Gasteiger partial charge in [0, 0.05) is 25.6 Å². The lowest BCUT2D eigenvalue weighted by atomic mass is 9.91. The van der Waals surface area contributed by atoms with Crippen molar-refractivity contribution in [2.24, 2.45) is 5.92 Å². The van der Waals surface area contributed by atoms with Gasteiger partial charge in [0.1, 0.15) is 24.2 Å². The predicted octanol–water partition coefficient (Wildman–Crippen LogP) is 0.869. The third-order valence-electron chi connectivity index (χ3n) is 6.53. The number of hydrogen-bond acceptors (Lipinski definition) is 3. The summed E-state index contributed by atoms with van der Waals surface area (Å²) in [5, 5.41) is 0. The minimum atomic E-state index is -3.44. The normalized spacial score (nSPS) is 22.0. The molecule has 1 atom stereocenters. The van der Waals surface area contributed by atoms with E-state index < -0.39 is 10.0 Å². The third kappa shape index (κ3) is 5.02. The molecule has 162 valence electrons. The summed E-state index contributed by atoms with van der Waals surface area (Å²) in [6.45, 7) is 5.48. The summed E-state index contributed by atoms with van der Waals surface area (Å²) >= 11 is 0. The molecular weight excluding hydrogens is 396 g/mol. The fourth-order valence-corrected chi connectivity index (χ4v) is 6.02. The lowest BCUT2D eigenvalue weighted by Crippen LogP contribution is -3.09. The van der Waals surface area contributed by atoms with Crippen molar-refractivity contribution in [2.45, 2.75) is 30.6 Å². The number of likely N-dealkylation sites (N-methyl/N-ethyl adjacent to an activating group) is 1. The molecule has 1 aromatic carbocycles. The van der Waals surface area contributed by atoms with Crippen molar-refractivity contribution in [3.63, 3.8) is 0 Å². The molecule has 0 spiro atoms. The van der Waals surface area contributed by atoms with Crippen LogP contribution < -0.4 is 14.8 Å². The quantitative estimate of drug-likeness (QED) is 0.766. The van der Waals surface area contributed by atoms with Crippen molar-refractivity contribution in [1.82, 2.24) is 4.31 Å². The predicted molar refractivity (Wildman–Crippen MR) is 118 cm³/mol. The van der Waals surface area contributed by atoms with Crippen LogP contribution in [0.3, 0.4) is 0 Å². The van der Waals surface area contributed by atoms with Crippen LogP contribution in [-0.4, -0.2) is 59.0 Å². The molecule has 6 nitrogen and oxygen atoms in total. The average Bonchev–Trinajstić information content (AvgIpc) is 2.99.